The molecule has 0 fully saturated rings. The summed E-state index contributed by atoms with van der Waals surface area (Å²) in [6.45, 7) is 0. The highest BCUT2D eigenvalue weighted by molar-refractivity contribution is 7.59. The van der Waals surface area contributed by atoms with Crippen LogP contribution in [0.25, 0.3) is 0 Å². The first-order valence-corrected chi connectivity index (χ1v) is 3.21. The van der Waals surface area contributed by atoms with Gasteiger partial charge in [-0.1, -0.05) is 17.7 Å². The van der Waals surface area contributed by atoms with Crippen LogP contribution in [-0.2, 0) is 12.6 Å². The van der Waals surface area contributed by atoms with Crippen molar-refractivity contribution in [2.75, 3.05) is 5.73 Å². The van der Waals surface area contributed by atoms with E-state index in [1.54, 1.807) is 18.2 Å². The van der Waals surface area contributed by atoms with Gasteiger partial charge in [0.05, 0.1) is 0 Å². The van der Waals surface area contributed by atoms with E-state index in [-0.39, 0.29) is 0 Å². The monoisotopic (exact) mass is 158 g/mol. The highest BCUT2D eigenvalue weighted by Crippen LogP contribution is 2.16. The molecule has 0 heterocycles. The molecule has 0 saturated carbocycles. The van der Waals surface area contributed by atoms with Crippen LogP contribution in [-0.4, -0.2) is 0 Å². The van der Waals surface area contributed by atoms with Crippen molar-refractivity contribution in [3.05, 3.63) is 23.2 Å². The molecular formula is C6H5ClNS-. The first-order chi connectivity index (χ1) is 4.20. The van der Waals surface area contributed by atoms with Gasteiger partial charge in [-0.3, -0.25) is 0 Å². The van der Waals surface area contributed by atoms with E-state index >= 15 is 0 Å². The van der Waals surface area contributed by atoms with E-state index in [1.165, 1.54) is 0 Å². The fraction of sp³-hybridized carbons (Fsp3) is 0. The second kappa shape index (κ2) is 2.42. The molecule has 0 radical (unpaired) electrons. The third kappa shape index (κ3) is 1.47. The number of benzene rings is 1. The van der Waals surface area contributed by atoms with Gasteiger partial charge in [0, 0.05) is 10.7 Å². The van der Waals surface area contributed by atoms with Crippen molar-refractivity contribution >= 4 is 29.9 Å². The average molecular weight is 159 g/mol. The van der Waals surface area contributed by atoms with E-state index in [1.807, 2.05) is 0 Å². The molecule has 48 valence electrons. The van der Waals surface area contributed by atoms with Gasteiger partial charge in [0.25, 0.3) is 0 Å². The maximum absolute atomic E-state index is 5.59. The number of hydrogen-bond donors (Lipinski definition) is 1. The molecular weight excluding hydrogens is 154 g/mol. The molecule has 3 heteroatoms. The van der Waals surface area contributed by atoms with Crippen molar-refractivity contribution in [2.24, 2.45) is 0 Å². The molecule has 0 aliphatic heterocycles. The molecule has 0 aromatic heterocycles. The number of halogens is 1. The summed E-state index contributed by atoms with van der Waals surface area (Å²) in [5, 5.41) is 0.626. The number of hydrogen-bond acceptors (Lipinski definition) is 2. The molecule has 2 N–H and O–H groups in total. The Morgan fingerprint density at radius 2 is 2.11 bits per heavy atom. The fourth-order valence-corrected chi connectivity index (χ4v) is 0.827. The third-order valence-corrected chi connectivity index (χ3v) is 1.58. The van der Waals surface area contributed by atoms with Crippen molar-refractivity contribution in [1.29, 1.82) is 0 Å². The SMILES string of the molecule is Nc1cc(Cl)ccc1[S-]. The molecule has 1 aromatic rings. The lowest BCUT2D eigenvalue weighted by molar-refractivity contribution is 1.47. The Kier molecular flexibility index (Phi) is 1.78. The van der Waals surface area contributed by atoms with Gasteiger partial charge in [-0.25, -0.2) is 0 Å². The lowest BCUT2D eigenvalue weighted by Crippen LogP contribution is -1.86. The van der Waals surface area contributed by atoms with Crippen LogP contribution in [0.2, 0.25) is 5.02 Å². The Labute approximate surface area is 64.2 Å². The molecule has 0 atom stereocenters. The minimum Gasteiger partial charge on any atom is -0.778 e. The van der Waals surface area contributed by atoms with Crippen LogP contribution in [0, 0.1) is 0 Å². The number of anilines is 1. The summed E-state index contributed by atoms with van der Waals surface area (Å²) in [5.74, 6) is 0. The molecule has 1 nitrogen and oxygen atoms in total. The predicted molar refractivity (Wildman–Crippen MR) is 41.5 cm³/mol. The largest absolute Gasteiger partial charge is 0.778 e. The van der Waals surface area contributed by atoms with E-state index in [2.05, 4.69) is 0 Å². The van der Waals surface area contributed by atoms with Crippen molar-refractivity contribution in [3.63, 3.8) is 0 Å². The Hall–Kier alpha value is -0.470. The normalized spacial score (nSPS) is 9.44. The van der Waals surface area contributed by atoms with Crippen molar-refractivity contribution < 1.29 is 0 Å². The zero-order chi connectivity index (χ0) is 6.85. The minimum absolute atomic E-state index is 0.567. The van der Waals surface area contributed by atoms with Crippen LogP contribution in [0.3, 0.4) is 0 Å². The summed E-state index contributed by atoms with van der Waals surface area (Å²) in [4.78, 5) is 0.652. The molecule has 0 spiro atoms. The number of nitrogens with two attached hydrogens (primary N) is 1. The van der Waals surface area contributed by atoms with Gasteiger partial charge in [0.15, 0.2) is 0 Å². The Bertz CT molecular complexity index is 224. The maximum atomic E-state index is 5.59. The number of rotatable bonds is 0. The Balaban J connectivity index is 3.17. The van der Waals surface area contributed by atoms with E-state index in [4.69, 9.17) is 30.0 Å². The summed E-state index contributed by atoms with van der Waals surface area (Å²) in [7, 11) is 0. The molecule has 9 heavy (non-hydrogen) atoms. The van der Waals surface area contributed by atoms with Crippen LogP contribution in [0.1, 0.15) is 0 Å². The van der Waals surface area contributed by atoms with E-state index < -0.39 is 0 Å². The van der Waals surface area contributed by atoms with Gasteiger partial charge in [-0.05, 0) is 12.1 Å². The highest BCUT2D eigenvalue weighted by atomic mass is 35.5. The summed E-state index contributed by atoms with van der Waals surface area (Å²) in [6.07, 6.45) is 0. The minimum atomic E-state index is 0.567. The molecule has 0 saturated heterocycles. The number of nitrogen functional groups attached to an aromatic ring is 1. The maximum Gasteiger partial charge on any atom is 0.0425 e. The quantitative estimate of drug-likeness (QED) is 0.461. The Morgan fingerprint density at radius 3 is 2.56 bits per heavy atom. The third-order valence-electron chi connectivity index (χ3n) is 0.972. The molecule has 1 rings (SSSR count). The van der Waals surface area contributed by atoms with Gasteiger partial charge in [-0.2, -0.15) is 4.90 Å². The summed E-state index contributed by atoms with van der Waals surface area (Å²) in [6, 6.07) is 5.08. The molecule has 1 aromatic carbocycles. The molecule has 0 unspecified atom stereocenters. The first kappa shape index (κ1) is 6.65. The average Bonchev–Trinajstić information content (AvgIpc) is 1.80. The van der Waals surface area contributed by atoms with Crippen LogP contribution in [0.4, 0.5) is 5.69 Å². The van der Waals surface area contributed by atoms with Gasteiger partial charge in [0.1, 0.15) is 0 Å². The van der Waals surface area contributed by atoms with Crippen LogP contribution in [0.15, 0.2) is 23.1 Å². The smallest absolute Gasteiger partial charge is 0.0425 e. The van der Waals surface area contributed by atoms with Gasteiger partial charge in [-0.15, -0.1) is 0 Å². The second-order valence-electron chi connectivity index (χ2n) is 1.68. The zero-order valence-corrected chi connectivity index (χ0v) is 6.17. The first-order valence-electron chi connectivity index (χ1n) is 2.42. The van der Waals surface area contributed by atoms with Crippen LogP contribution >= 0.6 is 11.6 Å². The highest BCUT2D eigenvalue weighted by Gasteiger charge is 1.86. The van der Waals surface area contributed by atoms with Gasteiger partial charge >= 0.3 is 0 Å². The lowest BCUT2D eigenvalue weighted by atomic mass is 10.3. The second-order valence-corrected chi connectivity index (χ2v) is 2.56. The van der Waals surface area contributed by atoms with E-state index in [9.17, 15) is 0 Å². The standard InChI is InChI=1S/C6H6ClNS/c7-4-1-2-6(9)5(8)3-4/h1-3,9H,8H2/p-1. The van der Waals surface area contributed by atoms with Gasteiger partial charge < -0.3 is 18.4 Å². The fourth-order valence-electron chi connectivity index (χ4n) is 0.519. The van der Waals surface area contributed by atoms with Crippen molar-refractivity contribution in [2.45, 2.75) is 4.90 Å². The summed E-state index contributed by atoms with van der Waals surface area (Å²) in [5.41, 5.74) is 6.00. The molecule has 0 amide bonds. The topological polar surface area (TPSA) is 26.0 Å². The lowest BCUT2D eigenvalue weighted by Gasteiger charge is -2.08. The molecule has 0 aliphatic rings. The van der Waals surface area contributed by atoms with E-state index in [0.29, 0.717) is 15.6 Å². The zero-order valence-electron chi connectivity index (χ0n) is 4.60. The molecule has 0 aliphatic carbocycles. The summed E-state index contributed by atoms with van der Waals surface area (Å²) >= 11 is 10.4. The van der Waals surface area contributed by atoms with Crippen molar-refractivity contribution in [1.82, 2.24) is 0 Å². The van der Waals surface area contributed by atoms with Crippen LogP contribution in [0.5, 0.6) is 0 Å². The Morgan fingerprint density at radius 1 is 1.44 bits per heavy atom. The van der Waals surface area contributed by atoms with Crippen LogP contribution < -0.4 is 5.73 Å². The molecule has 0 bridgehead atoms. The predicted octanol–water partition coefficient (Wildman–Crippen LogP) is 1.83. The van der Waals surface area contributed by atoms with Gasteiger partial charge in [0.2, 0.25) is 0 Å². The van der Waals surface area contributed by atoms with E-state index in [0.717, 1.165) is 0 Å². The van der Waals surface area contributed by atoms with Crippen molar-refractivity contribution in [3.8, 4) is 0 Å². The summed E-state index contributed by atoms with van der Waals surface area (Å²) < 4.78 is 0.